The van der Waals surface area contributed by atoms with Crippen molar-refractivity contribution in [2.24, 2.45) is 11.1 Å². The van der Waals surface area contributed by atoms with E-state index in [9.17, 15) is 0 Å². The summed E-state index contributed by atoms with van der Waals surface area (Å²) in [6.45, 7) is 8.86. The van der Waals surface area contributed by atoms with Gasteiger partial charge in [0.2, 0.25) is 0 Å². The highest BCUT2D eigenvalue weighted by Gasteiger charge is 2.33. The first-order valence-corrected chi connectivity index (χ1v) is 7.41. The molecule has 2 aliphatic heterocycles. The zero-order chi connectivity index (χ0) is 14.2. The van der Waals surface area contributed by atoms with Gasteiger partial charge in [-0.2, -0.15) is 0 Å². The van der Waals surface area contributed by atoms with E-state index in [1.165, 1.54) is 5.56 Å². The van der Waals surface area contributed by atoms with E-state index in [-0.39, 0.29) is 17.8 Å². The molecule has 0 amide bonds. The van der Waals surface area contributed by atoms with Crippen LogP contribution in [0.3, 0.4) is 0 Å². The molecule has 1 fully saturated rings. The van der Waals surface area contributed by atoms with Gasteiger partial charge in [0.25, 0.3) is 0 Å². The maximum Gasteiger partial charge on any atom is 0.161 e. The molecule has 0 bridgehead atoms. The lowest BCUT2D eigenvalue weighted by molar-refractivity contribution is 0.0896. The minimum absolute atomic E-state index is 0. The molecule has 1 aromatic rings. The summed E-state index contributed by atoms with van der Waals surface area (Å²) < 4.78 is 11.2. The summed E-state index contributed by atoms with van der Waals surface area (Å²) in [5.74, 6) is 1.74. The number of rotatable bonds is 2. The monoisotopic (exact) mass is 312 g/mol. The lowest BCUT2D eigenvalue weighted by Crippen LogP contribution is -2.52. The fraction of sp³-hybridized carbons (Fsp3) is 0.625. The summed E-state index contributed by atoms with van der Waals surface area (Å²) >= 11 is 0. The van der Waals surface area contributed by atoms with Gasteiger partial charge >= 0.3 is 0 Å². The van der Waals surface area contributed by atoms with Crippen molar-refractivity contribution < 1.29 is 9.47 Å². The van der Waals surface area contributed by atoms with Crippen molar-refractivity contribution >= 4 is 12.4 Å². The van der Waals surface area contributed by atoms with Crippen LogP contribution in [-0.4, -0.2) is 37.2 Å². The van der Waals surface area contributed by atoms with Crippen molar-refractivity contribution in [2.45, 2.75) is 32.9 Å². The summed E-state index contributed by atoms with van der Waals surface area (Å²) in [4.78, 5) is 2.48. The molecular formula is C16H25ClN2O2. The number of ether oxygens (including phenoxy) is 2. The number of fused-ring (bicyclic) bond motifs is 1. The third-order valence-electron chi connectivity index (χ3n) is 4.40. The lowest BCUT2D eigenvalue weighted by atomic mass is 9.79. The van der Waals surface area contributed by atoms with E-state index in [1.54, 1.807) is 0 Å². The van der Waals surface area contributed by atoms with Gasteiger partial charge in [-0.15, -0.1) is 12.4 Å². The zero-order valence-electron chi connectivity index (χ0n) is 12.8. The van der Waals surface area contributed by atoms with Crippen LogP contribution in [0.5, 0.6) is 11.5 Å². The second kappa shape index (κ2) is 6.42. The molecule has 2 aliphatic rings. The summed E-state index contributed by atoms with van der Waals surface area (Å²) in [5, 5.41) is 0. The van der Waals surface area contributed by atoms with Crippen molar-refractivity contribution in [3.05, 3.63) is 23.8 Å². The van der Waals surface area contributed by atoms with E-state index >= 15 is 0 Å². The third kappa shape index (κ3) is 3.62. The summed E-state index contributed by atoms with van der Waals surface area (Å²) in [6.07, 6.45) is 1.07. The average Bonchev–Trinajstić information content (AvgIpc) is 2.42. The minimum Gasteiger partial charge on any atom is -0.486 e. The van der Waals surface area contributed by atoms with Gasteiger partial charge in [0.05, 0.1) is 0 Å². The number of likely N-dealkylation sites (tertiary alicyclic amines) is 1. The molecule has 5 heteroatoms. The average molecular weight is 313 g/mol. The first-order chi connectivity index (χ1) is 9.54. The normalized spacial score (nSPS) is 24.2. The molecule has 0 aliphatic carbocycles. The van der Waals surface area contributed by atoms with E-state index in [2.05, 4.69) is 30.9 Å². The van der Waals surface area contributed by atoms with Crippen LogP contribution in [-0.2, 0) is 6.54 Å². The molecule has 3 rings (SSSR count). The summed E-state index contributed by atoms with van der Waals surface area (Å²) in [6, 6.07) is 6.56. The Morgan fingerprint density at radius 3 is 2.67 bits per heavy atom. The predicted octanol–water partition coefficient (Wildman–Crippen LogP) is 2.44. The van der Waals surface area contributed by atoms with Crippen LogP contribution in [0.25, 0.3) is 0 Å². The quantitative estimate of drug-likeness (QED) is 0.911. The molecule has 21 heavy (non-hydrogen) atoms. The first-order valence-electron chi connectivity index (χ1n) is 7.41. The standard InChI is InChI=1S/C16H24N2O2.ClH/c1-16(2)11-18(6-5-15(16)17)10-12-3-4-13-14(9-12)20-8-7-19-13;/h3-4,9,15H,5-8,10-11,17H2,1-2H3;1H. The number of benzene rings is 1. The van der Waals surface area contributed by atoms with Gasteiger partial charge in [-0.3, -0.25) is 4.90 Å². The molecule has 1 unspecified atom stereocenters. The van der Waals surface area contributed by atoms with Crippen molar-refractivity contribution in [2.75, 3.05) is 26.3 Å². The molecule has 1 saturated heterocycles. The molecule has 1 aromatic carbocycles. The molecule has 1 atom stereocenters. The molecule has 0 spiro atoms. The van der Waals surface area contributed by atoms with Crippen molar-refractivity contribution in [1.29, 1.82) is 0 Å². The largest absolute Gasteiger partial charge is 0.486 e. The number of nitrogens with zero attached hydrogens (tertiary/aromatic N) is 1. The Morgan fingerprint density at radius 1 is 1.24 bits per heavy atom. The van der Waals surface area contributed by atoms with Crippen molar-refractivity contribution in [1.82, 2.24) is 4.90 Å². The van der Waals surface area contributed by atoms with Gasteiger partial charge in [-0.1, -0.05) is 19.9 Å². The van der Waals surface area contributed by atoms with Crippen LogP contribution >= 0.6 is 12.4 Å². The van der Waals surface area contributed by atoms with E-state index in [0.29, 0.717) is 19.3 Å². The fourth-order valence-electron chi connectivity index (χ4n) is 3.06. The Kier molecular flexibility index (Phi) is 5.02. The van der Waals surface area contributed by atoms with Crippen LogP contribution in [0.4, 0.5) is 0 Å². The first kappa shape index (κ1) is 16.4. The van der Waals surface area contributed by atoms with E-state index in [1.807, 2.05) is 6.07 Å². The van der Waals surface area contributed by atoms with Crippen LogP contribution in [0.2, 0.25) is 0 Å². The molecular weight excluding hydrogens is 288 g/mol. The molecule has 0 aromatic heterocycles. The number of piperidine rings is 1. The zero-order valence-corrected chi connectivity index (χ0v) is 13.6. The number of halogens is 1. The van der Waals surface area contributed by atoms with Crippen LogP contribution in [0, 0.1) is 5.41 Å². The van der Waals surface area contributed by atoms with E-state index < -0.39 is 0 Å². The maximum absolute atomic E-state index is 6.20. The molecule has 118 valence electrons. The fourth-order valence-corrected chi connectivity index (χ4v) is 3.06. The van der Waals surface area contributed by atoms with Crippen LogP contribution < -0.4 is 15.2 Å². The number of hydrogen-bond acceptors (Lipinski definition) is 4. The number of hydrogen-bond donors (Lipinski definition) is 1. The molecule has 0 saturated carbocycles. The topological polar surface area (TPSA) is 47.7 Å². The number of nitrogens with two attached hydrogens (primary N) is 1. The van der Waals surface area contributed by atoms with Crippen LogP contribution in [0.1, 0.15) is 25.8 Å². The van der Waals surface area contributed by atoms with Crippen molar-refractivity contribution in [3.8, 4) is 11.5 Å². The smallest absolute Gasteiger partial charge is 0.161 e. The Labute approximate surface area is 133 Å². The Hall–Kier alpha value is -0.970. The highest BCUT2D eigenvalue weighted by Crippen LogP contribution is 2.32. The second-order valence-corrected chi connectivity index (χ2v) is 6.57. The summed E-state index contributed by atoms with van der Waals surface area (Å²) in [5.41, 5.74) is 7.66. The van der Waals surface area contributed by atoms with E-state index in [4.69, 9.17) is 15.2 Å². The van der Waals surface area contributed by atoms with E-state index in [0.717, 1.165) is 37.6 Å². The molecule has 0 radical (unpaired) electrons. The maximum atomic E-state index is 6.20. The van der Waals surface area contributed by atoms with Gasteiger partial charge in [-0.25, -0.2) is 0 Å². The van der Waals surface area contributed by atoms with Crippen LogP contribution in [0.15, 0.2) is 18.2 Å². The van der Waals surface area contributed by atoms with Gasteiger partial charge in [0.15, 0.2) is 11.5 Å². The second-order valence-electron chi connectivity index (χ2n) is 6.57. The SMILES string of the molecule is CC1(C)CN(Cc2ccc3c(c2)OCCO3)CCC1N.Cl. The van der Waals surface area contributed by atoms with Gasteiger partial charge in [0.1, 0.15) is 13.2 Å². The lowest BCUT2D eigenvalue weighted by Gasteiger charge is -2.42. The van der Waals surface area contributed by atoms with Gasteiger partial charge in [0, 0.05) is 25.7 Å². The highest BCUT2D eigenvalue weighted by atomic mass is 35.5. The molecule has 2 heterocycles. The Morgan fingerprint density at radius 2 is 1.95 bits per heavy atom. The Balaban J connectivity index is 0.00000161. The predicted molar refractivity (Wildman–Crippen MR) is 86.3 cm³/mol. The third-order valence-corrected chi connectivity index (χ3v) is 4.40. The van der Waals surface area contributed by atoms with Gasteiger partial charge in [-0.05, 0) is 29.5 Å². The molecule has 4 nitrogen and oxygen atoms in total. The Bertz CT molecular complexity index is 493. The van der Waals surface area contributed by atoms with Gasteiger partial charge < -0.3 is 15.2 Å². The minimum atomic E-state index is 0. The summed E-state index contributed by atoms with van der Waals surface area (Å²) in [7, 11) is 0. The molecule has 2 N–H and O–H groups in total. The highest BCUT2D eigenvalue weighted by molar-refractivity contribution is 5.85. The van der Waals surface area contributed by atoms with Crippen molar-refractivity contribution in [3.63, 3.8) is 0 Å².